The molecule has 1 aliphatic heterocycles. The number of rotatable bonds is 4. The Hall–Kier alpha value is -2.09. The quantitative estimate of drug-likeness (QED) is 0.842. The van der Waals surface area contributed by atoms with Crippen LogP contribution in [0.1, 0.15) is 23.2 Å². The minimum Gasteiger partial charge on any atom is -0.359 e. The van der Waals surface area contributed by atoms with Gasteiger partial charge in [0.1, 0.15) is 0 Å². The summed E-state index contributed by atoms with van der Waals surface area (Å²) >= 11 is 0. The number of hydrogen-bond donors (Lipinski definition) is 2. The Balaban J connectivity index is 1.97. The number of carbonyl (C=O) groups is 2. The largest absolute Gasteiger partial charge is 0.359 e. The van der Waals surface area contributed by atoms with Gasteiger partial charge in [0.05, 0.1) is 6.26 Å². The Morgan fingerprint density at radius 1 is 1.13 bits per heavy atom. The van der Waals surface area contributed by atoms with Crippen molar-refractivity contribution in [3.63, 3.8) is 0 Å². The molecule has 7 nitrogen and oxygen atoms in total. The number of benzene rings is 1. The summed E-state index contributed by atoms with van der Waals surface area (Å²) in [5, 5.41) is 2.64. The minimum atomic E-state index is -3.33. The molecule has 8 heteroatoms. The molecule has 0 unspecified atom stereocenters. The van der Waals surface area contributed by atoms with Crippen LogP contribution in [-0.2, 0) is 14.8 Å². The molecule has 0 spiro atoms. The Bertz CT molecular complexity index is 677. The van der Waals surface area contributed by atoms with Crippen LogP contribution in [0.4, 0.5) is 5.69 Å². The van der Waals surface area contributed by atoms with Crippen molar-refractivity contribution >= 4 is 27.5 Å². The van der Waals surface area contributed by atoms with Crippen molar-refractivity contribution in [1.29, 1.82) is 0 Å². The van der Waals surface area contributed by atoms with Gasteiger partial charge in [-0.25, -0.2) is 8.42 Å². The molecule has 2 N–H and O–H groups in total. The second-order valence-corrected chi connectivity index (χ2v) is 7.38. The van der Waals surface area contributed by atoms with Gasteiger partial charge in [-0.15, -0.1) is 0 Å². The fourth-order valence-electron chi connectivity index (χ4n) is 2.63. The van der Waals surface area contributed by atoms with E-state index in [1.165, 1.54) is 0 Å². The van der Waals surface area contributed by atoms with Gasteiger partial charge in [-0.05, 0) is 37.1 Å². The molecule has 1 saturated heterocycles. The van der Waals surface area contributed by atoms with Crippen molar-refractivity contribution in [3.05, 3.63) is 29.8 Å². The lowest BCUT2D eigenvalue weighted by molar-refractivity contribution is -0.125. The molecule has 0 bridgehead atoms. The highest BCUT2D eigenvalue weighted by atomic mass is 32.2. The van der Waals surface area contributed by atoms with Crippen molar-refractivity contribution in [2.24, 2.45) is 5.92 Å². The number of hydrogen-bond acceptors (Lipinski definition) is 4. The number of sulfonamides is 1. The lowest BCUT2D eigenvalue weighted by Crippen LogP contribution is -2.42. The summed E-state index contributed by atoms with van der Waals surface area (Å²) in [5.41, 5.74) is 0.921. The average molecular weight is 339 g/mol. The lowest BCUT2D eigenvalue weighted by Gasteiger charge is -2.31. The molecule has 0 radical (unpaired) electrons. The summed E-state index contributed by atoms with van der Waals surface area (Å²) in [4.78, 5) is 25.7. The fourth-order valence-corrected chi connectivity index (χ4v) is 3.19. The van der Waals surface area contributed by atoms with Crippen LogP contribution in [0, 0.1) is 5.92 Å². The minimum absolute atomic E-state index is 0.0216. The van der Waals surface area contributed by atoms with Crippen molar-refractivity contribution in [1.82, 2.24) is 10.2 Å². The van der Waals surface area contributed by atoms with E-state index in [1.54, 1.807) is 36.2 Å². The summed E-state index contributed by atoms with van der Waals surface area (Å²) in [6.07, 6.45) is 2.38. The molecule has 2 amide bonds. The predicted octanol–water partition coefficient (Wildman–Crippen LogP) is 0.656. The van der Waals surface area contributed by atoms with Crippen LogP contribution in [0.5, 0.6) is 0 Å². The monoisotopic (exact) mass is 339 g/mol. The van der Waals surface area contributed by atoms with Crippen molar-refractivity contribution in [2.45, 2.75) is 12.8 Å². The van der Waals surface area contributed by atoms with Gasteiger partial charge >= 0.3 is 0 Å². The summed E-state index contributed by atoms with van der Waals surface area (Å²) < 4.78 is 24.7. The van der Waals surface area contributed by atoms with E-state index in [9.17, 15) is 18.0 Å². The molecule has 1 aromatic carbocycles. The van der Waals surface area contributed by atoms with E-state index in [-0.39, 0.29) is 17.7 Å². The van der Waals surface area contributed by atoms with Gasteiger partial charge in [-0.2, -0.15) is 0 Å². The van der Waals surface area contributed by atoms with Crippen LogP contribution < -0.4 is 10.0 Å². The van der Waals surface area contributed by atoms with Gasteiger partial charge in [0, 0.05) is 37.3 Å². The predicted molar refractivity (Wildman–Crippen MR) is 87.6 cm³/mol. The number of amides is 2. The molecule has 0 aromatic heterocycles. The number of likely N-dealkylation sites (tertiary alicyclic amines) is 1. The van der Waals surface area contributed by atoms with E-state index >= 15 is 0 Å². The average Bonchev–Trinajstić information content (AvgIpc) is 2.53. The van der Waals surface area contributed by atoms with Crippen LogP contribution in [-0.4, -0.2) is 51.5 Å². The number of nitrogens with zero attached hydrogens (tertiary/aromatic N) is 1. The van der Waals surface area contributed by atoms with E-state index in [2.05, 4.69) is 10.0 Å². The molecule has 0 aliphatic carbocycles. The summed E-state index contributed by atoms with van der Waals surface area (Å²) in [6, 6.07) is 6.32. The first kappa shape index (κ1) is 17.3. The molecule has 1 heterocycles. The third-order valence-electron chi connectivity index (χ3n) is 3.83. The SMILES string of the molecule is CNC(=O)C1CCN(C(=O)c2ccc(NS(C)(=O)=O)cc2)CC1. The molecule has 0 atom stereocenters. The Morgan fingerprint density at radius 2 is 1.70 bits per heavy atom. The highest BCUT2D eigenvalue weighted by Gasteiger charge is 2.27. The molecule has 1 fully saturated rings. The number of piperidine rings is 1. The van der Waals surface area contributed by atoms with Gasteiger partial charge in [-0.1, -0.05) is 0 Å². The van der Waals surface area contributed by atoms with E-state index in [0.29, 0.717) is 37.2 Å². The van der Waals surface area contributed by atoms with Gasteiger partial charge in [0.15, 0.2) is 0 Å². The summed E-state index contributed by atoms with van der Waals surface area (Å²) in [5.74, 6) is -0.120. The van der Waals surface area contributed by atoms with Crippen molar-refractivity contribution in [2.75, 3.05) is 31.1 Å². The first-order valence-electron chi connectivity index (χ1n) is 7.39. The van der Waals surface area contributed by atoms with Crippen molar-refractivity contribution < 1.29 is 18.0 Å². The molecule has 0 saturated carbocycles. The number of anilines is 1. The molecule has 23 heavy (non-hydrogen) atoms. The fraction of sp³-hybridized carbons (Fsp3) is 0.467. The Morgan fingerprint density at radius 3 is 2.17 bits per heavy atom. The lowest BCUT2D eigenvalue weighted by atomic mass is 9.95. The van der Waals surface area contributed by atoms with Crippen LogP contribution in [0.25, 0.3) is 0 Å². The normalized spacial score (nSPS) is 16.0. The second kappa shape index (κ2) is 6.99. The third-order valence-corrected chi connectivity index (χ3v) is 4.44. The van der Waals surface area contributed by atoms with Crippen LogP contribution in [0.2, 0.25) is 0 Å². The van der Waals surface area contributed by atoms with Gasteiger partial charge in [-0.3, -0.25) is 14.3 Å². The zero-order chi connectivity index (χ0) is 17.0. The topological polar surface area (TPSA) is 95.6 Å². The highest BCUT2D eigenvalue weighted by molar-refractivity contribution is 7.92. The standard InChI is InChI=1S/C15H21N3O4S/c1-16-14(19)11-7-9-18(10-8-11)15(20)12-3-5-13(6-4-12)17-23(2,21)22/h3-6,11,17H,7-10H2,1-2H3,(H,16,19). The molecular weight excluding hydrogens is 318 g/mol. The summed E-state index contributed by atoms with van der Waals surface area (Å²) in [7, 11) is -1.71. The van der Waals surface area contributed by atoms with Gasteiger partial charge in [0.2, 0.25) is 15.9 Å². The smallest absolute Gasteiger partial charge is 0.253 e. The Kier molecular flexibility index (Phi) is 5.25. The molecular formula is C15H21N3O4S. The van der Waals surface area contributed by atoms with Gasteiger partial charge < -0.3 is 10.2 Å². The second-order valence-electron chi connectivity index (χ2n) is 5.63. The highest BCUT2D eigenvalue weighted by Crippen LogP contribution is 2.20. The summed E-state index contributed by atoms with van der Waals surface area (Å²) in [6.45, 7) is 1.08. The van der Waals surface area contributed by atoms with Crippen LogP contribution in [0.3, 0.4) is 0 Å². The van der Waals surface area contributed by atoms with Gasteiger partial charge in [0.25, 0.3) is 5.91 Å². The van der Waals surface area contributed by atoms with Crippen LogP contribution in [0.15, 0.2) is 24.3 Å². The maximum Gasteiger partial charge on any atom is 0.253 e. The molecule has 2 rings (SSSR count). The Labute approximate surface area is 136 Å². The van der Waals surface area contributed by atoms with E-state index in [1.807, 2.05) is 0 Å². The molecule has 1 aliphatic rings. The first-order chi connectivity index (χ1) is 10.8. The zero-order valence-electron chi connectivity index (χ0n) is 13.2. The van der Waals surface area contributed by atoms with Crippen LogP contribution >= 0.6 is 0 Å². The first-order valence-corrected chi connectivity index (χ1v) is 9.28. The number of carbonyl (C=O) groups excluding carboxylic acids is 2. The van der Waals surface area contributed by atoms with E-state index in [4.69, 9.17) is 0 Å². The third kappa shape index (κ3) is 4.69. The van der Waals surface area contributed by atoms with E-state index < -0.39 is 10.0 Å². The van der Waals surface area contributed by atoms with E-state index in [0.717, 1.165) is 6.26 Å². The zero-order valence-corrected chi connectivity index (χ0v) is 14.0. The molecule has 1 aromatic rings. The maximum absolute atomic E-state index is 12.4. The maximum atomic E-state index is 12.4. The molecule has 126 valence electrons. The number of nitrogens with one attached hydrogen (secondary N) is 2. The van der Waals surface area contributed by atoms with Crippen molar-refractivity contribution in [3.8, 4) is 0 Å².